The number of aryl methyl sites for hydroxylation is 1. The Morgan fingerprint density at radius 2 is 2.00 bits per heavy atom. The molecule has 0 amide bonds. The second-order valence-corrected chi connectivity index (χ2v) is 7.19. The molecule has 3 unspecified atom stereocenters. The van der Waals surface area contributed by atoms with Gasteiger partial charge in [-0.3, -0.25) is 0 Å². The van der Waals surface area contributed by atoms with Crippen LogP contribution in [0, 0.1) is 12.8 Å². The number of phenols is 1. The number of allylic oxidation sites excluding steroid dienone is 2. The average molecular weight is 356 g/mol. The van der Waals surface area contributed by atoms with Crippen LogP contribution in [-0.2, 0) is 0 Å². The van der Waals surface area contributed by atoms with E-state index in [1.54, 1.807) is 6.07 Å². The summed E-state index contributed by atoms with van der Waals surface area (Å²) in [5.74, 6) is 1.25. The van der Waals surface area contributed by atoms with E-state index in [4.69, 9.17) is 0 Å². The molecule has 1 aliphatic carbocycles. The lowest BCUT2D eigenvalue weighted by Gasteiger charge is -2.38. The van der Waals surface area contributed by atoms with E-state index in [9.17, 15) is 5.11 Å². The Hall–Kier alpha value is -1.74. The third-order valence-corrected chi connectivity index (χ3v) is 5.34. The maximum atomic E-state index is 10.3. The first-order valence-electron chi connectivity index (χ1n) is 7.65. The molecule has 2 aromatic carbocycles. The van der Waals surface area contributed by atoms with Gasteiger partial charge in [-0.2, -0.15) is 0 Å². The zero-order valence-electron chi connectivity index (χ0n) is 12.4. The van der Waals surface area contributed by atoms with Crippen molar-refractivity contribution < 1.29 is 5.11 Å². The maximum Gasteiger partial charge on any atom is 0.120 e. The molecule has 22 heavy (non-hydrogen) atoms. The molecule has 3 heteroatoms. The van der Waals surface area contributed by atoms with Crippen LogP contribution in [0.15, 0.2) is 53.0 Å². The van der Waals surface area contributed by atoms with Gasteiger partial charge in [-0.25, -0.2) is 0 Å². The summed E-state index contributed by atoms with van der Waals surface area (Å²) in [6, 6.07) is 12.4. The van der Waals surface area contributed by atoms with Crippen molar-refractivity contribution in [3.05, 3.63) is 69.7 Å². The highest BCUT2D eigenvalue weighted by atomic mass is 79.9. The van der Waals surface area contributed by atoms with E-state index in [2.05, 4.69) is 58.5 Å². The topological polar surface area (TPSA) is 32.3 Å². The van der Waals surface area contributed by atoms with E-state index in [1.165, 1.54) is 16.8 Å². The van der Waals surface area contributed by atoms with Crippen molar-refractivity contribution >= 4 is 21.6 Å². The largest absolute Gasteiger partial charge is 0.508 e. The van der Waals surface area contributed by atoms with Crippen LogP contribution >= 0.6 is 15.9 Å². The summed E-state index contributed by atoms with van der Waals surface area (Å²) in [6.45, 7) is 2.14. The molecular weight excluding hydrogens is 338 g/mol. The first-order chi connectivity index (χ1) is 10.6. The van der Waals surface area contributed by atoms with Gasteiger partial charge >= 0.3 is 0 Å². The van der Waals surface area contributed by atoms with Gasteiger partial charge in [0.1, 0.15) is 5.75 Å². The van der Waals surface area contributed by atoms with Crippen LogP contribution in [0.5, 0.6) is 5.75 Å². The van der Waals surface area contributed by atoms with Crippen LogP contribution in [-0.4, -0.2) is 5.11 Å². The number of hydrogen-bond donors (Lipinski definition) is 2. The normalized spacial score (nSPS) is 25.5. The molecule has 0 saturated heterocycles. The summed E-state index contributed by atoms with van der Waals surface area (Å²) < 4.78 is 0.999. The molecule has 4 rings (SSSR count). The molecule has 2 N–H and O–H groups in total. The Morgan fingerprint density at radius 1 is 1.14 bits per heavy atom. The molecule has 0 radical (unpaired) electrons. The summed E-state index contributed by atoms with van der Waals surface area (Å²) in [5.41, 5.74) is 4.83. The van der Waals surface area contributed by atoms with E-state index >= 15 is 0 Å². The fourth-order valence-electron chi connectivity index (χ4n) is 3.80. The van der Waals surface area contributed by atoms with Crippen LogP contribution in [0.1, 0.15) is 35.1 Å². The van der Waals surface area contributed by atoms with Gasteiger partial charge in [0.15, 0.2) is 0 Å². The molecular formula is C19H18BrNO. The summed E-state index contributed by atoms with van der Waals surface area (Å²) in [5, 5.41) is 14.0. The fourth-order valence-corrected chi connectivity index (χ4v) is 4.17. The zero-order valence-corrected chi connectivity index (χ0v) is 14.0. The number of aromatic hydroxyl groups is 1. The Bertz CT molecular complexity index is 768. The van der Waals surface area contributed by atoms with E-state index in [0.29, 0.717) is 17.6 Å². The van der Waals surface area contributed by atoms with Crippen molar-refractivity contribution in [3.63, 3.8) is 0 Å². The number of hydrogen-bond acceptors (Lipinski definition) is 2. The van der Waals surface area contributed by atoms with Gasteiger partial charge in [0.05, 0.1) is 6.04 Å². The molecule has 0 saturated carbocycles. The lowest BCUT2D eigenvalue weighted by atomic mass is 9.76. The van der Waals surface area contributed by atoms with Gasteiger partial charge in [0.25, 0.3) is 0 Å². The highest BCUT2D eigenvalue weighted by Crippen LogP contribution is 2.51. The summed E-state index contributed by atoms with van der Waals surface area (Å²) in [6.07, 6.45) is 5.64. The van der Waals surface area contributed by atoms with E-state index in [0.717, 1.165) is 16.5 Å². The minimum absolute atomic E-state index is 0.132. The van der Waals surface area contributed by atoms with Gasteiger partial charge in [0, 0.05) is 21.6 Å². The molecule has 112 valence electrons. The van der Waals surface area contributed by atoms with Crippen molar-refractivity contribution in [1.82, 2.24) is 0 Å². The number of benzene rings is 2. The SMILES string of the molecule is Cc1ccc2c(c1)C1C=CCC1C(c1cc(Br)ccc1O)N2. The van der Waals surface area contributed by atoms with Crippen LogP contribution in [0.4, 0.5) is 5.69 Å². The molecule has 2 aromatic rings. The zero-order chi connectivity index (χ0) is 15.3. The Kier molecular flexibility index (Phi) is 3.26. The van der Waals surface area contributed by atoms with Crippen LogP contribution in [0.2, 0.25) is 0 Å². The quantitative estimate of drug-likeness (QED) is 0.681. The Balaban J connectivity index is 1.83. The van der Waals surface area contributed by atoms with Gasteiger partial charge in [-0.05, 0) is 49.1 Å². The Morgan fingerprint density at radius 3 is 2.86 bits per heavy atom. The smallest absolute Gasteiger partial charge is 0.120 e. The third kappa shape index (κ3) is 2.15. The lowest BCUT2D eigenvalue weighted by Crippen LogP contribution is -2.29. The number of anilines is 1. The molecule has 0 aromatic heterocycles. The van der Waals surface area contributed by atoms with Crippen molar-refractivity contribution in [3.8, 4) is 5.75 Å². The second kappa shape index (κ2) is 5.17. The number of phenolic OH excluding ortho intramolecular Hbond substituents is 1. The predicted octanol–water partition coefficient (Wildman–Crippen LogP) is 5.29. The van der Waals surface area contributed by atoms with Crippen LogP contribution < -0.4 is 5.32 Å². The monoisotopic (exact) mass is 355 g/mol. The van der Waals surface area contributed by atoms with Crippen molar-refractivity contribution in [2.45, 2.75) is 25.3 Å². The molecule has 1 aliphatic heterocycles. The van der Waals surface area contributed by atoms with Gasteiger partial charge in [-0.1, -0.05) is 45.8 Å². The molecule has 0 spiro atoms. The molecule has 2 aliphatic rings. The highest BCUT2D eigenvalue weighted by Gasteiger charge is 2.38. The van der Waals surface area contributed by atoms with E-state index in [-0.39, 0.29) is 6.04 Å². The highest BCUT2D eigenvalue weighted by molar-refractivity contribution is 9.10. The number of rotatable bonds is 1. The number of nitrogens with one attached hydrogen (secondary N) is 1. The summed E-state index contributed by atoms with van der Waals surface area (Å²) in [4.78, 5) is 0. The van der Waals surface area contributed by atoms with Gasteiger partial charge in [-0.15, -0.1) is 0 Å². The molecule has 3 atom stereocenters. The second-order valence-electron chi connectivity index (χ2n) is 6.27. The van der Waals surface area contributed by atoms with Crippen LogP contribution in [0.25, 0.3) is 0 Å². The Labute approximate surface area is 139 Å². The fraction of sp³-hybridized carbons (Fsp3) is 0.263. The first-order valence-corrected chi connectivity index (χ1v) is 8.45. The molecule has 2 nitrogen and oxygen atoms in total. The lowest BCUT2D eigenvalue weighted by molar-refractivity contribution is 0.402. The van der Waals surface area contributed by atoms with Gasteiger partial charge in [0.2, 0.25) is 0 Å². The van der Waals surface area contributed by atoms with E-state index in [1.807, 2.05) is 12.1 Å². The van der Waals surface area contributed by atoms with Crippen LogP contribution in [0.3, 0.4) is 0 Å². The molecule has 1 heterocycles. The standard InChI is InChI=1S/C19H18BrNO/c1-11-5-7-17-15(9-11)13-3-2-4-14(13)19(21-17)16-10-12(20)6-8-18(16)22/h2-3,5-10,13-14,19,21-22H,4H2,1H3. The maximum absolute atomic E-state index is 10.3. The van der Waals surface area contributed by atoms with E-state index < -0.39 is 0 Å². The molecule has 0 bridgehead atoms. The number of fused-ring (bicyclic) bond motifs is 3. The first kappa shape index (κ1) is 13.9. The predicted molar refractivity (Wildman–Crippen MR) is 93.3 cm³/mol. The summed E-state index contributed by atoms with van der Waals surface area (Å²) >= 11 is 3.52. The number of halogens is 1. The van der Waals surface area contributed by atoms with Gasteiger partial charge < -0.3 is 10.4 Å². The van der Waals surface area contributed by atoms with Crippen molar-refractivity contribution in [1.29, 1.82) is 0 Å². The average Bonchev–Trinajstić information content (AvgIpc) is 2.99. The third-order valence-electron chi connectivity index (χ3n) is 4.84. The molecule has 0 fully saturated rings. The summed E-state index contributed by atoms with van der Waals surface area (Å²) in [7, 11) is 0. The minimum atomic E-state index is 0.132. The van der Waals surface area contributed by atoms with Crippen molar-refractivity contribution in [2.24, 2.45) is 5.92 Å². The minimum Gasteiger partial charge on any atom is -0.508 e. The van der Waals surface area contributed by atoms with Crippen molar-refractivity contribution in [2.75, 3.05) is 5.32 Å².